The van der Waals surface area contributed by atoms with Gasteiger partial charge in [-0.3, -0.25) is 19.7 Å². The Hall–Kier alpha value is -3.29. The van der Waals surface area contributed by atoms with Crippen molar-refractivity contribution >= 4 is 29.5 Å². The highest BCUT2D eigenvalue weighted by Gasteiger charge is 2.21. The Balaban J connectivity index is 1.72. The standard InChI is InChI=1S/C24H28N4O3/c1-18(2)27-14-16-28(17-15-27)22-9-4-3-8-21(22)23(29)12-10-19-6-5-7-20(25-19)11-13-24(30)26-31/h3-13,18,31H,14-17H2,1-2H3,(H,26,30). The van der Waals surface area contributed by atoms with E-state index in [-0.39, 0.29) is 5.78 Å². The smallest absolute Gasteiger partial charge is 0.267 e. The number of amides is 1. The fourth-order valence-corrected chi connectivity index (χ4v) is 3.54. The highest BCUT2D eigenvalue weighted by Crippen LogP contribution is 2.23. The summed E-state index contributed by atoms with van der Waals surface area (Å²) in [6.07, 6.45) is 5.85. The molecular formula is C24H28N4O3. The van der Waals surface area contributed by atoms with E-state index in [1.807, 2.05) is 24.3 Å². The lowest BCUT2D eigenvalue weighted by atomic mass is 10.1. The summed E-state index contributed by atoms with van der Waals surface area (Å²) in [6.45, 7) is 8.16. The van der Waals surface area contributed by atoms with E-state index in [4.69, 9.17) is 5.21 Å². The van der Waals surface area contributed by atoms with Gasteiger partial charge in [-0.2, -0.15) is 0 Å². The molecule has 7 nitrogen and oxygen atoms in total. The number of aromatic nitrogens is 1. The van der Waals surface area contributed by atoms with Crippen molar-refractivity contribution in [1.82, 2.24) is 15.4 Å². The van der Waals surface area contributed by atoms with Crippen LogP contribution in [0, 0.1) is 0 Å². The predicted molar refractivity (Wildman–Crippen MR) is 122 cm³/mol. The molecule has 1 aromatic carbocycles. The Labute approximate surface area is 182 Å². The van der Waals surface area contributed by atoms with Crippen LogP contribution in [0.25, 0.3) is 12.2 Å². The average Bonchev–Trinajstić information content (AvgIpc) is 2.81. The number of nitrogens with zero attached hydrogens (tertiary/aromatic N) is 3. The molecule has 162 valence electrons. The monoisotopic (exact) mass is 420 g/mol. The number of piperazine rings is 1. The van der Waals surface area contributed by atoms with Crippen molar-refractivity contribution in [2.75, 3.05) is 31.1 Å². The molecule has 7 heteroatoms. The second-order valence-electron chi connectivity index (χ2n) is 7.63. The number of anilines is 1. The molecule has 0 aliphatic carbocycles. The summed E-state index contributed by atoms with van der Waals surface area (Å²) in [4.78, 5) is 33.2. The van der Waals surface area contributed by atoms with Crippen molar-refractivity contribution in [1.29, 1.82) is 0 Å². The number of hydrogen-bond donors (Lipinski definition) is 2. The maximum atomic E-state index is 12.9. The number of benzene rings is 1. The maximum absolute atomic E-state index is 12.9. The summed E-state index contributed by atoms with van der Waals surface area (Å²) in [6, 6.07) is 13.5. The zero-order chi connectivity index (χ0) is 22.2. The molecule has 2 aromatic rings. The SMILES string of the molecule is CC(C)N1CCN(c2ccccc2C(=O)C=Cc2cccc(C=CC(=O)NO)n2)CC1. The molecule has 0 unspecified atom stereocenters. The van der Waals surface area contributed by atoms with Crippen LogP contribution in [-0.2, 0) is 4.79 Å². The molecule has 2 N–H and O–H groups in total. The van der Waals surface area contributed by atoms with Gasteiger partial charge in [-0.25, -0.2) is 10.5 Å². The first kappa shape index (κ1) is 22.4. The molecule has 0 saturated carbocycles. The van der Waals surface area contributed by atoms with Gasteiger partial charge >= 0.3 is 0 Å². The Morgan fingerprint density at radius 1 is 0.968 bits per heavy atom. The second kappa shape index (κ2) is 10.7. The number of hydrogen-bond acceptors (Lipinski definition) is 6. The van der Waals surface area contributed by atoms with Crippen molar-refractivity contribution < 1.29 is 14.8 Å². The summed E-state index contributed by atoms with van der Waals surface area (Å²) in [7, 11) is 0. The van der Waals surface area contributed by atoms with Crippen LogP contribution >= 0.6 is 0 Å². The third-order valence-corrected chi connectivity index (χ3v) is 5.27. The quantitative estimate of drug-likeness (QED) is 0.310. The Morgan fingerprint density at radius 2 is 1.61 bits per heavy atom. The molecule has 1 fully saturated rings. The number of para-hydroxylation sites is 1. The molecule has 0 atom stereocenters. The number of carbonyl (C=O) groups excluding carboxylic acids is 2. The highest BCUT2D eigenvalue weighted by atomic mass is 16.5. The zero-order valence-corrected chi connectivity index (χ0v) is 17.9. The summed E-state index contributed by atoms with van der Waals surface area (Å²) in [5.41, 5.74) is 4.30. The van der Waals surface area contributed by atoms with Gasteiger partial charge in [0, 0.05) is 49.5 Å². The van der Waals surface area contributed by atoms with Crippen LogP contribution in [0.5, 0.6) is 0 Å². The van der Waals surface area contributed by atoms with Crippen molar-refractivity contribution in [2.24, 2.45) is 0 Å². The summed E-state index contributed by atoms with van der Waals surface area (Å²) in [5.74, 6) is -0.715. The van der Waals surface area contributed by atoms with Gasteiger partial charge in [0.1, 0.15) is 0 Å². The first-order valence-corrected chi connectivity index (χ1v) is 10.4. The molecule has 1 aliphatic heterocycles. The number of carbonyl (C=O) groups is 2. The van der Waals surface area contributed by atoms with Crippen LogP contribution in [0.3, 0.4) is 0 Å². The maximum Gasteiger partial charge on any atom is 0.267 e. The molecule has 0 bridgehead atoms. The van der Waals surface area contributed by atoms with Gasteiger partial charge in [0.2, 0.25) is 0 Å². The lowest BCUT2D eigenvalue weighted by Gasteiger charge is -2.38. The van der Waals surface area contributed by atoms with Crippen LogP contribution in [-0.4, -0.2) is 59.0 Å². The molecule has 2 heterocycles. The summed E-state index contributed by atoms with van der Waals surface area (Å²) < 4.78 is 0. The predicted octanol–water partition coefficient (Wildman–Crippen LogP) is 3.03. The van der Waals surface area contributed by atoms with Crippen LogP contribution in [0.15, 0.2) is 54.6 Å². The molecule has 1 aromatic heterocycles. The van der Waals surface area contributed by atoms with E-state index in [9.17, 15) is 9.59 Å². The van der Waals surface area contributed by atoms with Crippen molar-refractivity contribution in [3.63, 3.8) is 0 Å². The van der Waals surface area contributed by atoms with E-state index in [0.717, 1.165) is 31.9 Å². The van der Waals surface area contributed by atoms with Crippen molar-refractivity contribution in [2.45, 2.75) is 19.9 Å². The molecule has 0 radical (unpaired) electrons. The number of nitrogens with one attached hydrogen (secondary N) is 1. The summed E-state index contributed by atoms with van der Waals surface area (Å²) >= 11 is 0. The van der Waals surface area contributed by atoms with Gasteiger partial charge in [-0.05, 0) is 56.3 Å². The van der Waals surface area contributed by atoms with E-state index in [2.05, 4.69) is 28.6 Å². The molecule has 31 heavy (non-hydrogen) atoms. The van der Waals surface area contributed by atoms with E-state index in [1.54, 1.807) is 24.3 Å². The largest absolute Gasteiger partial charge is 0.368 e. The first-order valence-electron chi connectivity index (χ1n) is 10.4. The Kier molecular flexibility index (Phi) is 7.70. The van der Waals surface area contributed by atoms with E-state index < -0.39 is 5.91 Å². The van der Waals surface area contributed by atoms with Crippen LogP contribution in [0.2, 0.25) is 0 Å². The third kappa shape index (κ3) is 6.10. The van der Waals surface area contributed by atoms with Gasteiger partial charge in [-0.15, -0.1) is 0 Å². The third-order valence-electron chi connectivity index (χ3n) is 5.27. The number of hydroxylamine groups is 1. The van der Waals surface area contributed by atoms with E-state index >= 15 is 0 Å². The molecule has 1 aliphatic rings. The van der Waals surface area contributed by atoms with Gasteiger partial charge < -0.3 is 4.90 Å². The zero-order valence-electron chi connectivity index (χ0n) is 17.9. The summed E-state index contributed by atoms with van der Waals surface area (Å²) in [5, 5.41) is 8.55. The first-order chi connectivity index (χ1) is 15.0. The second-order valence-corrected chi connectivity index (χ2v) is 7.63. The minimum absolute atomic E-state index is 0.0794. The lowest BCUT2D eigenvalue weighted by Crippen LogP contribution is -2.49. The molecule has 1 amide bonds. The van der Waals surface area contributed by atoms with Gasteiger partial charge in [0.05, 0.1) is 11.4 Å². The highest BCUT2D eigenvalue weighted by molar-refractivity contribution is 6.10. The van der Waals surface area contributed by atoms with Gasteiger partial charge in [0.25, 0.3) is 5.91 Å². The van der Waals surface area contributed by atoms with Crippen LogP contribution < -0.4 is 10.4 Å². The normalized spacial score (nSPS) is 15.2. The minimum Gasteiger partial charge on any atom is -0.368 e. The molecule has 0 spiro atoms. The fourth-order valence-electron chi connectivity index (χ4n) is 3.54. The van der Waals surface area contributed by atoms with Crippen molar-refractivity contribution in [3.8, 4) is 0 Å². The number of allylic oxidation sites excluding steroid dienone is 1. The van der Waals surface area contributed by atoms with Gasteiger partial charge in [0.15, 0.2) is 5.78 Å². The topological polar surface area (TPSA) is 85.8 Å². The average molecular weight is 421 g/mol. The molecular weight excluding hydrogens is 392 g/mol. The molecule has 3 rings (SSSR count). The van der Waals surface area contributed by atoms with E-state index in [0.29, 0.717) is 23.0 Å². The number of ketones is 1. The Morgan fingerprint density at radius 3 is 2.26 bits per heavy atom. The van der Waals surface area contributed by atoms with Gasteiger partial charge in [-0.1, -0.05) is 18.2 Å². The van der Waals surface area contributed by atoms with E-state index in [1.165, 1.54) is 23.7 Å². The number of rotatable bonds is 7. The van der Waals surface area contributed by atoms with Crippen LogP contribution in [0.1, 0.15) is 35.6 Å². The minimum atomic E-state index is -0.635. The van der Waals surface area contributed by atoms with Crippen LogP contribution in [0.4, 0.5) is 5.69 Å². The number of pyridine rings is 1. The molecule has 1 saturated heterocycles. The Bertz CT molecular complexity index is 976. The fraction of sp³-hybridized carbons (Fsp3) is 0.292. The lowest BCUT2D eigenvalue weighted by molar-refractivity contribution is -0.124. The van der Waals surface area contributed by atoms with Crippen molar-refractivity contribution in [3.05, 3.63) is 71.6 Å².